The van der Waals surface area contributed by atoms with Gasteiger partial charge >= 0.3 is 0 Å². The van der Waals surface area contributed by atoms with Crippen molar-refractivity contribution in [1.29, 1.82) is 0 Å². The fraction of sp³-hybridized carbons (Fsp3) is 1.00. The van der Waals surface area contributed by atoms with E-state index in [-0.39, 0.29) is 12.1 Å². The minimum Gasteiger partial charge on any atom is -0.376 e. The molecule has 124 valence electrons. The smallest absolute Gasteiger partial charge is 0.282 e. The Hall–Kier alpha value is -0.210. The summed E-state index contributed by atoms with van der Waals surface area (Å²) in [7, 11) is -3.36. The van der Waals surface area contributed by atoms with E-state index in [1.807, 2.05) is 6.92 Å². The number of morpholine rings is 1. The van der Waals surface area contributed by atoms with Crippen LogP contribution in [0.2, 0.25) is 0 Å². The van der Waals surface area contributed by atoms with Gasteiger partial charge in [0.15, 0.2) is 0 Å². The van der Waals surface area contributed by atoms with E-state index < -0.39 is 10.2 Å². The van der Waals surface area contributed by atoms with Crippen molar-refractivity contribution in [3.05, 3.63) is 0 Å². The van der Waals surface area contributed by atoms with Gasteiger partial charge in [-0.25, -0.2) is 0 Å². The van der Waals surface area contributed by atoms with E-state index in [1.165, 1.54) is 0 Å². The topological polar surface area (TPSA) is 61.9 Å². The molecule has 21 heavy (non-hydrogen) atoms. The summed E-state index contributed by atoms with van der Waals surface area (Å²) in [6.07, 6.45) is 4.08. The van der Waals surface area contributed by atoms with Gasteiger partial charge in [-0.1, -0.05) is 13.3 Å². The normalized spacial score (nSPS) is 29.6. The number of hydrogen-bond acceptors (Lipinski definition) is 4. The first-order valence-electron chi connectivity index (χ1n) is 8.15. The predicted molar refractivity (Wildman–Crippen MR) is 83.4 cm³/mol. The first-order valence-corrected chi connectivity index (χ1v) is 9.54. The van der Waals surface area contributed by atoms with E-state index in [0.29, 0.717) is 26.2 Å². The van der Waals surface area contributed by atoms with Crippen LogP contribution in [0.25, 0.3) is 0 Å². The summed E-state index contributed by atoms with van der Waals surface area (Å²) in [5, 5.41) is 3.37. The molecule has 2 aliphatic rings. The Morgan fingerprint density at radius 1 is 1.29 bits per heavy atom. The van der Waals surface area contributed by atoms with Crippen molar-refractivity contribution in [3.63, 3.8) is 0 Å². The van der Waals surface area contributed by atoms with Crippen LogP contribution in [0.15, 0.2) is 0 Å². The molecule has 0 saturated carbocycles. The predicted octanol–water partition coefficient (Wildman–Crippen LogP) is 0.806. The van der Waals surface area contributed by atoms with Crippen molar-refractivity contribution in [2.75, 3.05) is 39.3 Å². The first kappa shape index (κ1) is 17.1. The molecular weight excluding hydrogens is 290 g/mol. The highest BCUT2D eigenvalue weighted by Gasteiger charge is 2.37. The Kier molecular flexibility index (Phi) is 6.43. The molecule has 7 heteroatoms. The van der Waals surface area contributed by atoms with Crippen molar-refractivity contribution in [2.45, 2.75) is 51.7 Å². The molecule has 2 unspecified atom stereocenters. The van der Waals surface area contributed by atoms with E-state index in [1.54, 1.807) is 8.61 Å². The van der Waals surface area contributed by atoms with Crippen molar-refractivity contribution >= 4 is 10.2 Å². The van der Waals surface area contributed by atoms with Crippen LogP contribution in [0.5, 0.6) is 0 Å². The molecule has 0 amide bonds. The highest BCUT2D eigenvalue weighted by Crippen LogP contribution is 2.23. The number of nitrogens with one attached hydrogen (secondary N) is 1. The molecular formula is C14H29N3O3S. The minimum absolute atomic E-state index is 0.0185. The van der Waals surface area contributed by atoms with E-state index in [4.69, 9.17) is 4.74 Å². The average molecular weight is 319 g/mol. The molecule has 2 heterocycles. The van der Waals surface area contributed by atoms with Gasteiger partial charge in [0.05, 0.1) is 12.7 Å². The molecule has 2 atom stereocenters. The molecule has 0 aromatic heterocycles. The zero-order chi connectivity index (χ0) is 15.3. The zero-order valence-electron chi connectivity index (χ0n) is 13.3. The van der Waals surface area contributed by atoms with Crippen LogP contribution >= 0.6 is 0 Å². The molecule has 0 aliphatic carbocycles. The van der Waals surface area contributed by atoms with E-state index in [0.717, 1.165) is 38.8 Å². The van der Waals surface area contributed by atoms with Crippen molar-refractivity contribution in [3.8, 4) is 0 Å². The highest BCUT2D eigenvalue weighted by atomic mass is 32.2. The zero-order valence-corrected chi connectivity index (χ0v) is 14.1. The summed E-state index contributed by atoms with van der Waals surface area (Å²) in [5.41, 5.74) is 0. The number of hydrogen-bond donors (Lipinski definition) is 1. The summed E-state index contributed by atoms with van der Waals surface area (Å²) in [6.45, 7) is 7.83. The first-order chi connectivity index (χ1) is 10.1. The van der Waals surface area contributed by atoms with E-state index in [2.05, 4.69) is 12.2 Å². The third-order valence-electron chi connectivity index (χ3n) is 4.21. The van der Waals surface area contributed by atoms with Gasteiger partial charge in [0.25, 0.3) is 10.2 Å². The van der Waals surface area contributed by atoms with Gasteiger partial charge in [0.1, 0.15) is 0 Å². The quantitative estimate of drug-likeness (QED) is 0.736. The lowest BCUT2D eigenvalue weighted by molar-refractivity contribution is 0.00735. The summed E-state index contributed by atoms with van der Waals surface area (Å²) in [5.74, 6) is 0. The van der Waals surface area contributed by atoms with Gasteiger partial charge in [-0.2, -0.15) is 17.0 Å². The standard InChI is InChI=1S/C14H29N3O3S/c1-3-7-15-11-14-6-4-5-8-17(14)21(18,19)16-9-10-20-13(2)12-16/h13-15H,3-12H2,1-2H3. The Bertz CT molecular complexity index is 416. The second kappa shape index (κ2) is 7.87. The van der Waals surface area contributed by atoms with Crippen LogP contribution in [0.1, 0.15) is 39.5 Å². The molecule has 6 nitrogen and oxygen atoms in total. The fourth-order valence-corrected chi connectivity index (χ4v) is 4.99. The lowest BCUT2D eigenvalue weighted by Gasteiger charge is -2.40. The van der Waals surface area contributed by atoms with Crippen LogP contribution in [0.4, 0.5) is 0 Å². The SMILES string of the molecule is CCCNCC1CCCCN1S(=O)(=O)N1CCOC(C)C1. The summed E-state index contributed by atoms with van der Waals surface area (Å²) < 4.78 is 34.6. The Morgan fingerprint density at radius 2 is 2.10 bits per heavy atom. The molecule has 2 aliphatic heterocycles. The molecule has 1 N–H and O–H groups in total. The van der Waals surface area contributed by atoms with Gasteiger partial charge in [-0.05, 0) is 32.7 Å². The molecule has 0 bridgehead atoms. The average Bonchev–Trinajstić information content (AvgIpc) is 2.48. The number of piperidine rings is 1. The fourth-order valence-electron chi connectivity index (χ4n) is 3.07. The maximum atomic E-state index is 12.9. The maximum Gasteiger partial charge on any atom is 0.282 e. The number of rotatable bonds is 6. The molecule has 2 fully saturated rings. The van der Waals surface area contributed by atoms with Crippen LogP contribution < -0.4 is 5.32 Å². The second-order valence-electron chi connectivity index (χ2n) is 6.01. The van der Waals surface area contributed by atoms with Gasteiger partial charge < -0.3 is 10.1 Å². The van der Waals surface area contributed by atoms with Gasteiger partial charge in [0, 0.05) is 32.2 Å². The van der Waals surface area contributed by atoms with Gasteiger partial charge in [0.2, 0.25) is 0 Å². The highest BCUT2D eigenvalue weighted by molar-refractivity contribution is 7.86. The van der Waals surface area contributed by atoms with Crippen molar-refractivity contribution < 1.29 is 13.2 Å². The number of nitrogens with zero attached hydrogens (tertiary/aromatic N) is 2. The summed E-state index contributed by atoms with van der Waals surface area (Å²) >= 11 is 0. The molecule has 0 aromatic rings. The number of ether oxygens (including phenoxy) is 1. The molecule has 0 radical (unpaired) electrons. The van der Waals surface area contributed by atoms with Crippen molar-refractivity contribution in [1.82, 2.24) is 13.9 Å². The second-order valence-corrected chi connectivity index (χ2v) is 7.89. The Labute approximate surface area is 129 Å². The molecule has 0 spiro atoms. The van der Waals surface area contributed by atoms with Gasteiger partial charge in [-0.15, -0.1) is 0 Å². The lowest BCUT2D eigenvalue weighted by Crippen LogP contribution is -2.56. The Morgan fingerprint density at radius 3 is 2.81 bits per heavy atom. The lowest BCUT2D eigenvalue weighted by atomic mass is 10.1. The molecule has 0 aromatic carbocycles. The monoisotopic (exact) mass is 319 g/mol. The summed E-state index contributed by atoms with van der Waals surface area (Å²) in [4.78, 5) is 0. The minimum atomic E-state index is -3.36. The van der Waals surface area contributed by atoms with Crippen LogP contribution in [0.3, 0.4) is 0 Å². The largest absolute Gasteiger partial charge is 0.376 e. The van der Waals surface area contributed by atoms with Crippen LogP contribution in [0, 0.1) is 0 Å². The third kappa shape index (κ3) is 4.39. The summed E-state index contributed by atoms with van der Waals surface area (Å²) in [6, 6.07) is 0.0912. The maximum absolute atomic E-state index is 12.9. The van der Waals surface area contributed by atoms with E-state index >= 15 is 0 Å². The molecule has 2 rings (SSSR count). The van der Waals surface area contributed by atoms with E-state index in [9.17, 15) is 8.42 Å². The van der Waals surface area contributed by atoms with Crippen LogP contribution in [-0.4, -0.2) is 68.5 Å². The Balaban J connectivity index is 2.04. The van der Waals surface area contributed by atoms with Gasteiger partial charge in [-0.3, -0.25) is 0 Å². The van der Waals surface area contributed by atoms with Crippen molar-refractivity contribution in [2.24, 2.45) is 0 Å². The van der Waals surface area contributed by atoms with Crippen LogP contribution in [-0.2, 0) is 14.9 Å². The molecule has 2 saturated heterocycles. The third-order valence-corrected chi connectivity index (χ3v) is 6.26.